The maximum Gasteiger partial charge on any atom is 0.222 e. The van der Waals surface area contributed by atoms with Gasteiger partial charge in [0.1, 0.15) is 0 Å². The number of ether oxygens (including phenoxy) is 1. The standard InChI is InChI=1S/C15H28N2O2/c1-15(2,12-5-3-4-6-12)11-17-14(18)9-13-10-16-7-8-19-13/h12-13,16H,3-11H2,1-2H3,(H,17,18). The Kier molecular flexibility index (Phi) is 5.22. The minimum atomic E-state index is 0.0448. The smallest absolute Gasteiger partial charge is 0.222 e. The van der Waals surface area contributed by atoms with Crippen molar-refractivity contribution in [3.05, 3.63) is 0 Å². The van der Waals surface area contributed by atoms with E-state index in [1.54, 1.807) is 0 Å². The summed E-state index contributed by atoms with van der Waals surface area (Å²) in [5.74, 6) is 0.889. The molecule has 1 unspecified atom stereocenters. The van der Waals surface area contributed by atoms with Gasteiger partial charge in [-0.15, -0.1) is 0 Å². The second-order valence-electron chi connectivity index (χ2n) is 6.65. The van der Waals surface area contributed by atoms with Crippen LogP contribution in [0.2, 0.25) is 0 Å². The number of rotatable bonds is 5. The number of amides is 1. The van der Waals surface area contributed by atoms with Gasteiger partial charge < -0.3 is 15.4 Å². The lowest BCUT2D eigenvalue weighted by molar-refractivity contribution is -0.125. The molecule has 1 saturated carbocycles. The molecule has 0 aromatic rings. The molecule has 0 aromatic heterocycles. The third kappa shape index (κ3) is 4.46. The molecule has 4 heteroatoms. The molecule has 0 aromatic carbocycles. The molecule has 2 fully saturated rings. The normalized spacial score (nSPS) is 25.5. The van der Waals surface area contributed by atoms with Gasteiger partial charge in [-0.2, -0.15) is 0 Å². The van der Waals surface area contributed by atoms with E-state index >= 15 is 0 Å². The first-order valence-electron chi connectivity index (χ1n) is 7.67. The van der Waals surface area contributed by atoms with Crippen molar-refractivity contribution >= 4 is 5.91 Å². The van der Waals surface area contributed by atoms with Crippen LogP contribution in [0.15, 0.2) is 0 Å². The largest absolute Gasteiger partial charge is 0.375 e. The molecule has 2 N–H and O–H groups in total. The fourth-order valence-corrected chi connectivity index (χ4v) is 3.21. The highest BCUT2D eigenvalue weighted by Crippen LogP contribution is 2.38. The van der Waals surface area contributed by atoms with Crippen molar-refractivity contribution < 1.29 is 9.53 Å². The zero-order chi connectivity index (χ0) is 13.7. The third-order valence-electron chi connectivity index (χ3n) is 4.62. The summed E-state index contributed by atoms with van der Waals surface area (Å²) in [7, 11) is 0. The highest BCUT2D eigenvalue weighted by atomic mass is 16.5. The van der Waals surface area contributed by atoms with Gasteiger partial charge in [0.25, 0.3) is 0 Å². The molecular formula is C15H28N2O2. The summed E-state index contributed by atoms with van der Waals surface area (Å²) < 4.78 is 5.56. The van der Waals surface area contributed by atoms with Crippen molar-refractivity contribution in [3.8, 4) is 0 Å². The van der Waals surface area contributed by atoms with Crippen molar-refractivity contribution in [3.63, 3.8) is 0 Å². The van der Waals surface area contributed by atoms with E-state index in [9.17, 15) is 4.79 Å². The second kappa shape index (κ2) is 6.71. The van der Waals surface area contributed by atoms with E-state index in [0.717, 1.165) is 25.6 Å². The quantitative estimate of drug-likeness (QED) is 0.798. The molecule has 1 atom stereocenters. The predicted octanol–water partition coefficient (Wildman–Crippen LogP) is 1.70. The minimum absolute atomic E-state index is 0.0448. The summed E-state index contributed by atoms with van der Waals surface area (Å²) in [4.78, 5) is 12.0. The lowest BCUT2D eigenvalue weighted by Crippen LogP contribution is -2.43. The van der Waals surface area contributed by atoms with E-state index in [-0.39, 0.29) is 17.4 Å². The van der Waals surface area contributed by atoms with Gasteiger partial charge in [-0.05, 0) is 24.2 Å². The zero-order valence-electron chi connectivity index (χ0n) is 12.3. The van der Waals surface area contributed by atoms with Crippen LogP contribution >= 0.6 is 0 Å². The summed E-state index contributed by atoms with van der Waals surface area (Å²) in [6.45, 7) is 7.75. The number of morpholine rings is 1. The number of carbonyl (C=O) groups is 1. The topological polar surface area (TPSA) is 50.4 Å². The van der Waals surface area contributed by atoms with Crippen LogP contribution in [0.5, 0.6) is 0 Å². The summed E-state index contributed by atoms with van der Waals surface area (Å²) in [6.07, 6.45) is 5.86. The lowest BCUT2D eigenvalue weighted by Gasteiger charge is -2.32. The average molecular weight is 268 g/mol. The fourth-order valence-electron chi connectivity index (χ4n) is 3.21. The van der Waals surface area contributed by atoms with Crippen LogP contribution in [0.25, 0.3) is 0 Å². The van der Waals surface area contributed by atoms with Crippen LogP contribution in [0.1, 0.15) is 46.0 Å². The van der Waals surface area contributed by atoms with E-state index in [1.165, 1.54) is 25.7 Å². The molecule has 19 heavy (non-hydrogen) atoms. The predicted molar refractivity (Wildman–Crippen MR) is 76.0 cm³/mol. The van der Waals surface area contributed by atoms with Gasteiger partial charge in [-0.3, -0.25) is 4.79 Å². The van der Waals surface area contributed by atoms with Gasteiger partial charge in [0, 0.05) is 19.6 Å². The van der Waals surface area contributed by atoms with Crippen LogP contribution in [-0.2, 0) is 9.53 Å². The Bertz CT molecular complexity index is 293. The number of hydrogen-bond donors (Lipinski definition) is 2. The molecule has 4 nitrogen and oxygen atoms in total. The molecule has 1 aliphatic carbocycles. The van der Waals surface area contributed by atoms with Crippen molar-refractivity contribution in [2.75, 3.05) is 26.2 Å². The van der Waals surface area contributed by atoms with Crippen molar-refractivity contribution in [1.29, 1.82) is 0 Å². The molecule has 1 amide bonds. The van der Waals surface area contributed by atoms with Gasteiger partial charge in [0.05, 0.1) is 19.1 Å². The third-order valence-corrected chi connectivity index (χ3v) is 4.62. The Morgan fingerprint density at radius 3 is 2.74 bits per heavy atom. The van der Waals surface area contributed by atoms with E-state index in [1.807, 2.05) is 0 Å². The first-order valence-corrected chi connectivity index (χ1v) is 7.67. The Labute approximate surface area is 116 Å². The molecule has 0 spiro atoms. The van der Waals surface area contributed by atoms with Crippen LogP contribution in [0, 0.1) is 11.3 Å². The molecule has 2 aliphatic rings. The summed E-state index contributed by atoms with van der Waals surface area (Å²) in [5, 5.41) is 6.35. The van der Waals surface area contributed by atoms with Crippen molar-refractivity contribution in [2.24, 2.45) is 11.3 Å². The van der Waals surface area contributed by atoms with Crippen LogP contribution < -0.4 is 10.6 Å². The lowest BCUT2D eigenvalue weighted by atomic mass is 9.77. The van der Waals surface area contributed by atoms with E-state index in [2.05, 4.69) is 24.5 Å². The van der Waals surface area contributed by atoms with Crippen LogP contribution in [0.4, 0.5) is 0 Å². The molecule has 110 valence electrons. The Hall–Kier alpha value is -0.610. The summed E-state index contributed by atoms with van der Waals surface area (Å²) >= 11 is 0. The van der Waals surface area contributed by atoms with Gasteiger partial charge in [0.15, 0.2) is 0 Å². The summed E-state index contributed by atoms with van der Waals surface area (Å²) in [6, 6.07) is 0. The molecule has 1 saturated heterocycles. The molecule has 2 rings (SSSR count). The monoisotopic (exact) mass is 268 g/mol. The maximum atomic E-state index is 12.0. The highest BCUT2D eigenvalue weighted by Gasteiger charge is 2.32. The number of hydrogen-bond acceptors (Lipinski definition) is 3. The first-order chi connectivity index (χ1) is 9.08. The second-order valence-corrected chi connectivity index (χ2v) is 6.65. The molecule has 1 aliphatic heterocycles. The van der Waals surface area contributed by atoms with E-state index in [0.29, 0.717) is 13.0 Å². The van der Waals surface area contributed by atoms with E-state index in [4.69, 9.17) is 4.74 Å². The molecule has 0 bridgehead atoms. The van der Waals surface area contributed by atoms with Crippen LogP contribution in [-0.4, -0.2) is 38.3 Å². The highest BCUT2D eigenvalue weighted by molar-refractivity contribution is 5.76. The van der Waals surface area contributed by atoms with Gasteiger partial charge in [-0.25, -0.2) is 0 Å². The van der Waals surface area contributed by atoms with Gasteiger partial charge >= 0.3 is 0 Å². The van der Waals surface area contributed by atoms with Gasteiger partial charge in [0.2, 0.25) is 5.91 Å². The number of carbonyl (C=O) groups excluding carboxylic acids is 1. The fraction of sp³-hybridized carbons (Fsp3) is 0.933. The van der Waals surface area contributed by atoms with E-state index < -0.39 is 0 Å². The van der Waals surface area contributed by atoms with Crippen molar-refractivity contribution in [2.45, 2.75) is 52.1 Å². The maximum absolute atomic E-state index is 12.0. The first kappa shape index (κ1) is 14.8. The Morgan fingerprint density at radius 2 is 2.11 bits per heavy atom. The Morgan fingerprint density at radius 1 is 1.37 bits per heavy atom. The number of nitrogens with one attached hydrogen (secondary N) is 2. The van der Waals surface area contributed by atoms with Crippen molar-refractivity contribution in [1.82, 2.24) is 10.6 Å². The SMILES string of the molecule is CC(C)(CNC(=O)CC1CNCCO1)C1CCCC1. The van der Waals surface area contributed by atoms with Gasteiger partial charge in [-0.1, -0.05) is 26.7 Å². The van der Waals surface area contributed by atoms with Crippen LogP contribution in [0.3, 0.4) is 0 Å². The summed E-state index contributed by atoms with van der Waals surface area (Å²) in [5.41, 5.74) is 0.220. The average Bonchev–Trinajstić information content (AvgIpc) is 2.92. The minimum Gasteiger partial charge on any atom is -0.375 e. The Balaban J connectivity index is 1.69. The molecular weight excluding hydrogens is 240 g/mol. The molecule has 0 radical (unpaired) electrons. The molecule has 1 heterocycles. The zero-order valence-corrected chi connectivity index (χ0v) is 12.3.